The van der Waals surface area contributed by atoms with Crippen molar-refractivity contribution in [2.75, 3.05) is 7.11 Å². The zero-order valence-corrected chi connectivity index (χ0v) is 28.5. The van der Waals surface area contributed by atoms with Gasteiger partial charge in [-0.05, 0) is 104 Å². The van der Waals surface area contributed by atoms with Crippen LogP contribution in [0.5, 0.6) is 5.75 Å². The van der Waals surface area contributed by atoms with E-state index >= 15 is 4.57 Å². The lowest BCUT2D eigenvalue weighted by Crippen LogP contribution is -2.35. The molecule has 1 aromatic heterocycles. The number of pyridine rings is 1. The maximum atomic E-state index is 15.4. The second-order valence-corrected chi connectivity index (χ2v) is 15.6. The van der Waals surface area contributed by atoms with Gasteiger partial charge in [-0.15, -0.1) is 0 Å². The molecule has 242 valence electrons. The standard InChI is InChI=1S/C36H52NO6P/c1-24(2)29-15-10-26(5)33(21-29)42-44(39,43-34-22-30(25(3)4)16-11-27(34)6)36(31-9-8-20-37-23-31)41-35(38)19-14-28-12-17-32(40-7)18-13-28/h8-9,12-14,17-20,23-27,29-30,33-34,36H,10-11,15-16,21-22H2,1-7H3/b19-14+/t26-,27-,29-,30+,33+,34+,36-,44?/m0/s1. The first-order valence-corrected chi connectivity index (χ1v) is 18.0. The Labute approximate surface area is 264 Å². The van der Waals surface area contributed by atoms with Crippen LogP contribution in [0.25, 0.3) is 6.08 Å². The van der Waals surface area contributed by atoms with Gasteiger partial charge < -0.3 is 18.5 Å². The topological polar surface area (TPSA) is 84.0 Å². The first-order chi connectivity index (χ1) is 21.0. The minimum Gasteiger partial charge on any atom is -0.497 e. The third-order valence-electron chi connectivity index (χ3n) is 9.79. The summed E-state index contributed by atoms with van der Waals surface area (Å²) in [6.45, 7) is 13.3. The third-order valence-corrected chi connectivity index (χ3v) is 11.9. The molecule has 2 aliphatic carbocycles. The Hall–Kier alpha value is -2.47. The van der Waals surface area contributed by atoms with Crippen molar-refractivity contribution in [1.82, 2.24) is 4.98 Å². The van der Waals surface area contributed by atoms with E-state index in [0.717, 1.165) is 49.8 Å². The summed E-state index contributed by atoms with van der Waals surface area (Å²) in [5.41, 5.74) is 1.30. The summed E-state index contributed by atoms with van der Waals surface area (Å²) >= 11 is 0. The summed E-state index contributed by atoms with van der Waals surface area (Å²) in [7, 11) is -2.46. The van der Waals surface area contributed by atoms with Crippen molar-refractivity contribution in [2.24, 2.45) is 35.5 Å². The normalized spacial score (nSPS) is 28.1. The Morgan fingerprint density at radius 1 is 0.886 bits per heavy atom. The third kappa shape index (κ3) is 9.05. The number of ether oxygens (including phenoxy) is 2. The fourth-order valence-corrected chi connectivity index (χ4v) is 8.87. The maximum absolute atomic E-state index is 15.4. The Morgan fingerprint density at radius 2 is 1.45 bits per heavy atom. The largest absolute Gasteiger partial charge is 0.497 e. The van der Waals surface area contributed by atoms with Gasteiger partial charge >= 0.3 is 13.6 Å². The molecule has 4 rings (SSSR count). The van der Waals surface area contributed by atoms with E-state index in [0.29, 0.717) is 29.2 Å². The number of benzene rings is 1. The van der Waals surface area contributed by atoms with E-state index in [9.17, 15) is 4.79 Å². The molecular weight excluding hydrogens is 573 g/mol. The predicted octanol–water partition coefficient (Wildman–Crippen LogP) is 9.49. The molecule has 8 heteroatoms. The van der Waals surface area contributed by atoms with Gasteiger partial charge in [0.2, 0.25) is 5.85 Å². The van der Waals surface area contributed by atoms with Crippen LogP contribution < -0.4 is 4.74 Å². The summed E-state index contributed by atoms with van der Waals surface area (Å²) in [6, 6.07) is 10.9. The highest BCUT2D eigenvalue weighted by Crippen LogP contribution is 2.65. The van der Waals surface area contributed by atoms with E-state index in [2.05, 4.69) is 46.5 Å². The van der Waals surface area contributed by atoms with Crippen LogP contribution in [0.15, 0.2) is 54.9 Å². The lowest BCUT2D eigenvalue weighted by Gasteiger charge is -2.42. The summed E-state index contributed by atoms with van der Waals surface area (Å²) in [5, 5.41) is 0. The monoisotopic (exact) mass is 625 g/mol. The highest BCUT2D eigenvalue weighted by atomic mass is 31.2. The van der Waals surface area contributed by atoms with Gasteiger partial charge in [0.25, 0.3) is 0 Å². The molecular formula is C36H52NO6P. The molecule has 0 radical (unpaired) electrons. The van der Waals surface area contributed by atoms with Crippen molar-refractivity contribution in [1.29, 1.82) is 0 Å². The van der Waals surface area contributed by atoms with Crippen molar-refractivity contribution in [3.05, 3.63) is 66.0 Å². The Morgan fingerprint density at radius 3 is 1.93 bits per heavy atom. The van der Waals surface area contributed by atoms with Gasteiger partial charge in [0.1, 0.15) is 5.75 Å². The van der Waals surface area contributed by atoms with Crippen LogP contribution in [0, 0.1) is 35.5 Å². The van der Waals surface area contributed by atoms with E-state index in [1.165, 1.54) is 6.08 Å². The Balaban J connectivity index is 1.68. The van der Waals surface area contributed by atoms with E-state index in [1.54, 1.807) is 37.7 Å². The number of rotatable bonds is 12. The highest BCUT2D eigenvalue weighted by Gasteiger charge is 2.48. The number of hydrogen-bond donors (Lipinski definition) is 0. The summed E-state index contributed by atoms with van der Waals surface area (Å²) in [4.78, 5) is 17.7. The molecule has 1 unspecified atom stereocenters. The first-order valence-electron chi connectivity index (χ1n) is 16.4. The molecule has 2 fully saturated rings. The summed E-state index contributed by atoms with van der Waals surface area (Å²) in [6.07, 6.45) is 11.5. The molecule has 0 aliphatic heterocycles. The van der Waals surface area contributed by atoms with Gasteiger partial charge in [-0.25, -0.2) is 4.79 Å². The lowest BCUT2D eigenvalue weighted by molar-refractivity contribution is -0.141. The van der Waals surface area contributed by atoms with Gasteiger partial charge in [-0.1, -0.05) is 59.7 Å². The molecule has 7 nitrogen and oxygen atoms in total. The van der Waals surface area contributed by atoms with E-state index in [-0.39, 0.29) is 24.0 Å². The molecule has 0 amide bonds. The average Bonchev–Trinajstić information content (AvgIpc) is 3.01. The molecule has 8 atom stereocenters. The van der Waals surface area contributed by atoms with Crippen molar-refractivity contribution in [3.63, 3.8) is 0 Å². The number of aromatic nitrogens is 1. The van der Waals surface area contributed by atoms with Crippen molar-refractivity contribution >= 4 is 19.6 Å². The van der Waals surface area contributed by atoms with Gasteiger partial charge in [0, 0.05) is 24.0 Å². The van der Waals surface area contributed by atoms with Gasteiger partial charge in [-0.2, -0.15) is 0 Å². The zero-order chi connectivity index (χ0) is 31.9. The second kappa shape index (κ2) is 15.7. The SMILES string of the molecule is COc1ccc(/C=C/C(=O)O[C@H](c2cccnc2)P(=O)(O[C@@H]2C[C@H](C(C)C)CC[C@@H]2C)O[C@@H]2C[C@@H](C(C)C)CC[C@@H]2C)cc1. The fraction of sp³-hybridized carbons (Fsp3) is 0.611. The molecule has 1 aromatic carbocycles. The second-order valence-electron chi connectivity index (χ2n) is 13.6. The number of esters is 1. The van der Waals surface area contributed by atoms with Gasteiger partial charge in [0.05, 0.1) is 19.3 Å². The maximum Gasteiger partial charge on any atom is 0.376 e. The molecule has 2 saturated carbocycles. The molecule has 0 saturated heterocycles. The van der Waals surface area contributed by atoms with Crippen LogP contribution in [0.1, 0.15) is 97.0 Å². The Kier molecular flexibility index (Phi) is 12.3. The highest BCUT2D eigenvalue weighted by molar-refractivity contribution is 7.54. The molecule has 2 aliphatic rings. The fourth-order valence-electron chi connectivity index (χ4n) is 6.51. The summed E-state index contributed by atoms with van der Waals surface area (Å²) < 4.78 is 40.1. The minimum atomic E-state index is -4.07. The molecule has 0 bridgehead atoms. The van der Waals surface area contributed by atoms with Crippen LogP contribution >= 0.6 is 7.60 Å². The molecule has 1 heterocycles. The first kappa shape index (κ1) is 34.4. The number of carbonyl (C=O) groups is 1. The molecule has 2 aromatic rings. The van der Waals surface area contributed by atoms with Crippen LogP contribution in [0.2, 0.25) is 0 Å². The molecule has 44 heavy (non-hydrogen) atoms. The van der Waals surface area contributed by atoms with Crippen LogP contribution in [-0.4, -0.2) is 30.3 Å². The van der Waals surface area contributed by atoms with Crippen LogP contribution in [0.4, 0.5) is 0 Å². The van der Waals surface area contributed by atoms with Gasteiger partial charge in [-0.3, -0.25) is 9.55 Å². The van der Waals surface area contributed by atoms with Crippen LogP contribution in [-0.2, 0) is 23.1 Å². The smallest absolute Gasteiger partial charge is 0.376 e. The average molecular weight is 626 g/mol. The number of hydrogen-bond acceptors (Lipinski definition) is 7. The minimum absolute atomic E-state index is 0.203. The van der Waals surface area contributed by atoms with E-state index in [4.69, 9.17) is 18.5 Å². The van der Waals surface area contributed by atoms with Crippen molar-refractivity contribution < 1.29 is 27.9 Å². The summed E-state index contributed by atoms with van der Waals surface area (Å²) in [5.74, 6) is 1.18. The van der Waals surface area contributed by atoms with Crippen molar-refractivity contribution in [2.45, 2.75) is 98.1 Å². The predicted molar refractivity (Wildman–Crippen MR) is 175 cm³/mol. The van der Waals surface area contributed by atoms with Crippen LogP contribution in [0.3, 0.4) is 0 Å². The van der Waals surface area contributed by atoms with E-state index < -0.39 is 19.4 Å². The number of carbonyl (C=O) groups excluding carboxylic acids is 1. The number of methoxy groups -OCH3 is 1. The Bertz CT molecular complexity index is 1230. The van der Waals surface area contributed by atoms with Gasteiger partial charge in [0.15, 0.2) is 0 Å². The van der Waals surface area contributed by atoms with E-state index in [1.807, 2.05) is 24.3 Å². The molecule has 0 N–H and O–H groups in total. The number of nitrogens with zero attached hydrogens (tertiary/aromatic N) is 1. The lowest BCUT2D eigenvalue weighted by atomic mass is 9.76. The zero-order valence-electron chi connectivity index (χ0n) is 27.6. The molecule has 0 spiro atoms. The van der Waals surface area contributed by atoms with Crippen molar-refractivity contribution in [3.8, 4) is 5.75 Å². The quantitative estimate of drug-likeness (QED) is 0.132.